The molecule has 0 bridgehead atoms. The highest BCUT2D eigenvalue weighted by atomic mass is 79.9. The summed E-state index contributed by atoms with van der Waals surface area (Å²) in [7, 11) is 0. The molecule has 2 aromatic rings. The molecule has 2 nitrogen and oxygen atoms in total. The van der Waals surface area contributed by atoms with Crippen LogP contribution in [0.1, 0.15) is 32.2 Å². The summed E-state index contributed by atoms with van der Waals surface area (Å²) in [5.74, 6) is 0.826. The van der Waals surface area contributed by atoms with Crippen molar-refractivity contribution in [3.8, 4) is 0 Å². The van der Waals surface area contributed by atoms with Crippen LogP contribution < -0.4 is 0 Å². The molecule has 0 saturated heterocycles. The van der Waals surface area contributed by atoms with Crippen LogP contribution in [-0.2, 0) is 0 Å². The molecular formula is C13H15BrN2. The number of hydrogen-bond donors (Lipinski definition) is 0. The molecule has 1 aliphatic rings. The van der Waals surface area contributed by atoms with Crippen molar-refractivity contribution in [2.75, 3.05) is 0 Å². The maximum absolute atomic E-state index is 4.54. The molecule has 1 heterocycles. The molecule has 0 N–H and O–H groups in total. The van der Waals surface area contributed by atoms with Crippen LogP contribution in [0.4, 0.5) is 0 Å². The normalized spacial score (nSPS) is 18.6. The second kappa shape index (κ2) is 3.88. The Bertz CT molecular complexity index is 514. The molecule has 3 heteroatoms. The number of benzene rings is 1. The Labute approximate surface area is 104 Å². The van der Waals surface area contributed by atoms with Gasteiger partial charge in [0.05, 0.1) is 17.8 Å². The number of hydrogen-bond acceptors (Lipinski definition) is 1. The van der Waals surface area contributed by atoms with Gasteiger partial charge in [0.15, 0.2) is 0 Å². The summed E-state index contributed by atoms with van der Waals surface area (Å²) < 4.78 is 3.31. The van der Waals surface area contributed by atoms with E-state index in [1.165, 1.54) is 30.2 Å². The average molecular weight is 279 g/mol. The van der Waals surface area contributed by atoms with Crippen LogP contribution in [0.15, 0.2) is 28.9 Å². The average Bonchev–Trinajstić information content (AvgIpc) is 2.57. The van der Waals surface area contributed by atoms with E-state index in [1.54, 1.807) is 0 Å². The van der Waals surface area contributed by atoms with E-state index in [0.29, 0.717) is 6.04 Å². The van der Waals surface area contributed by atoms with Gasteiger partial charge in [0, 0.05) is 9.86 Å². The Kier molecular flexibility index (Phi) is 2.51. The van der Waals surface area contributed by atoms with Gasteiger partial charge in [-0.15, -0.1) is 0 Å². The van der Waals surface area contributed by atoms with Gasteiger partial charge in [-0.2, -0.15) is 5.10 Å². The summed E-state index contributed by atoms with van der Waals surface area (Å²) in [6.45, 7) is 2.29. The highest BCUT2D eigenvalue weighted by molar-refractivity contribution is 9.10. The third kappa shape index (κ3) is 1.58. The largest absolute Gasteiger partial charge is 0.262 e. The predicted octanol–water partition coefficient (Wildman–Crippen LogP) is 4.16. The molecule has 0 radical (unpaired) electrons. The molecule has 0 spiro atoms. The second-order valence-electron chi connectivity index (χ2n) is 4.72. The summed E-state index contributed by atoms with van der Waals surface area (Å²) in [5, 5.41) is 5.76. The minimum Gasteiger partial charge on any atom is -0.262 e. The van der Waals surface area contributed by atoms with E-state index in [0.717, 1.165) is 10.4 Å². The quantitative estimate of drug-likeness (QED) is 0.807. The minimum absolute atomic E-state index is 0.535. The van der Waals surface area contributed by atoms with Crippen molar-refractivity contribution >= 4 is 26.8 Å². The number of halogens is 1. The van der Waals surface area contributed by atoms with Crippen molar-refractivity contribution in [1.82, 2.24) is 9.78 Å². The molecule has 0 amide bonds. The third-order valence-electron chi connectivity index (χ3n) is 3.78. The first-order chi connectivity index (χ1) is 7.75. The van der Waals surface area contributed by atoms with Gasteiger partial charge < -0.3 is 0 Å². The predicted molar refractivity (Wildman–Crippen MR) is 69.5 cm³/mol. The molecule has 1 atom stereocenters. The Morgan fingerprint density at radius 2 is 2.25 bits per heavy atom. The van der Waals surface area contributed by atoms with Gasteiger partial charge in [0.25, 0.3) is 0 Å². The zero-order valence-electron chi connectivity index (χ0n) is 9.36. The van der Waals surface area contributed by atoms with Crippen LogP contribution in [0, 0.1) is 5.92 Å². The Morgan fingerprint density at radius 1 is 1.44 bits per heavy atom. The molecule has 1 saturated carbocycles. The molecule has 1 unspecified atom stereocenters. The first-order valence-electron chi connectivity index (χ1n) is 5.88. The maximum atomic E-state index is 4.54. The fourth-order valence-electron chi connectivity index (χ4n) is 2.47. The third-order valence-corrected chi connectivity index (χ3v) is 4.27. The van der Waals surface area contributed by atoms with Gasteiger partial charge in [0.2, 0.25) is 0 Å². The molecule has 1 aliphatic carbocycles. The van der Waals surface area contributed by atoms with Gasteiger partial charge in [-0.3, -0.25) is 4.68 Å². The summed E-state index contributed by atoms with van der Waals surface area (Å²) in [4.78, 5) is 0. The summed E-state index contributed by atoms with van der Waals surface area (Å²) in [6, 6.07) is 6.91. The second-order valence-corrected chi connectivity index (χ2v) is 5.64. The van der Waals surface area contributed by atoms with Crippen molar-refractivity contribution < 1.29 is 0 Å². The Hall–Kier alpha value is -0.830. The number of fused-ring (bicyclic) bond motifs is 1. The van der Waals surface area contributed by atoms with E-state index >= 15 is 0 Å². The lowest BCUT2D eigenvalue weighted by Crippen LogP contribution is -2.23. The van der Waals surface area contributed by atoms with Gasteiger partial charge >= 0.3 is 0 Å². The highest BCUT2D eigenvalue weighted by Crippen LogP contribution is 2.37. The maximum Gasteiger partial charge on any atom is 0.0686 e. The number of aromatic nitrogens is 2. The van der Waals surface area contributed by atoms with E-state index in [1.807, 2.05) is 6.20 Å². The zero-order chi connectivity index (χ0) is 11.1. The van der Waals surface area contributed by atoms with E-state index in [4.69, 9.17) is 0 Å². The van der Waals surface area contributed by atoms with Crippen molar-refractivity contribution in [1.29, 1.82) is 0 Å². The van der Waals surface area contributed by atoms with Crippen molar-refractivity contribution in [3.63, 3.8) is 0 Å². The number of nitrogens with zero attached hydrogens (tertiary/aromatic N) is 2. The molecule has 1 fully saturated rings. The Balaban J connectivity index is 2.03. The van der Waals surface area contributed by atoms with Crippen LogP contribution in [0.3, 0.4) is 0 Å². The van der Waals surface area contributed by atoms with E-state index < -0.39 is 0 Å². The van der Waals surface area contributed by atoms with Gasteiger partial charge in [-0.1, -0.05) is 22.4 Å². The lowest BCUT2D eigenvalue weighted by Gasteiger charge is -2.31. The smallest absolute Gasteiger partial charge is 0.0686 e. The monoisotopic (exact) mass is 278 g/mol. The fraction of sp³-hybridized carbons (Fsp3) is 0.462. The van der Waals surface area contributed by atoms with Crippen LogP contribution in [0.25, 0.3) is 10.9 Å². The summed E-state index contributed by atoms with van der Waals surface area (Å²) in [6.07, 6.45) is 6.08. The summed E-state index contributed by atoms with van der Waals surface area (Å²) >= 11 is 3.50. The van der Waals surface area contributed by atoms with Crippen LogP contribution in [-0.4, -0.2) is 9.78 Å². The van der Waals surface area contributed by atoms with Gasteiger partial charge in [0.1, 0.15) is 0 Å². The number of rotatable bonds is 2. The fourth-order valence-corrected chi connectivity index (χ4v) is 2.85. The van der Waals surface area contributed by atoms with Crippen molar-refractivity contribution in [2.24, 2.45) is 5.92 Å². The van der Waals surface area contributed by atoms with E-state index in [-0.39, 0.29) is 0 Å². The lowest BCUT2D eigenvalue weighted by atomic mass is 9.80. The minimum atomic E-state index is 0.535. The van der Waals surface area contributed by atoms with E-state index in [9.17, 15) is 0 Å². The van der Waals surface area contributed by atoms with Crippen LogP contribution in [0.2, 0.25) is 0 Å². The molecule has 84 valence electrons. The molecular weight excluding hydrogens is 264 g/mol. The van der Waals surface area contributed by atoms with Crippen LogP contribution >= 0.6 is 15.9 Å². The first kappa shape index (κ1) is 10.3. The molecule has 16 heavy (non-hydrogen) atoms. The molecule has 1 aromatic heterocycles. The topological polar surface area (TPSA) is 17.8 Å². The van der Waals surface area contributed by atoms with Gasteiger partial charge in [-0.25, -0.2) is 0 Å². The standard InChI is InChI=1S/C13H15BrN2/c1-9(10-3-2-4-10)16-13-6-5-12(14)7-11(13)8-15-16/h5-10H,2-4H2,1H3. The van der Waals surface area contributed by atoms with Gasteiger partial charge in [-0.05, 0) is 43.9 Å². The van der Waals surface area contributed by atoms with Crippen molar-refractivity contribution in [2.45, 2.75) is 32.2 Å². The van der Waals surface area contributed by atoms with E-state index in [2.05, 4.69) is 50.8 Å². The zero-order valence-corrected chi connectivity index (χ0v) is 10.9. The highest BCUT2D eigenvalue weighted by Gasteiger charge is 2.26. The van der Waals surface area contributed by atoms with Crippen LogP contribution in [0.5, 0.6) is 0 Å². The molecule has 0 aliphatic heterocycles. The lowest BCUT2D eigenvalue weighted by molar-refractivity contribution is 0.215. The molecule has 1 aromatic carbocycles. The first-order valence-corrected chi connectivity index (χ1v) is 6.68. The summed E-state index contributed by atoms with van der Waals surface area (Å²) in [5.41, 5.74) is 1.25. The Morgan fingerprint density at radius 3 is 2.94 bits per heavy atom. The SMILES string of the molecule is CC(C1CCC1)n1ncc2cc(Br)ccc21. The molecule has 3 rings (SSSR count). The van der Waals surface area contributed by atoms with Crippen molar-refractivity contribution in [3.05, 3.63) is 28.9 Å².